The van der Waals surface area contributed by atoms with Crippen LogP contribution in [-0.4, -0.2) is 9.97 Å². The Balaban J connectivity index is 2.54. The molecule has 0 atom stereocenters. The fourth-order valence-electron chi connectivity index (χ4n) is 1.12. The molecule has 0 amide bonds. The predicted molar refractivity (Wildman–Crippen MR) is 54.7 cm³/mol. The van der Waals surface area contributed by atoms with Crippen LogP contribution in [0.5, 0.6) is 0 Å². The third-order valence-electron chi connectivity index (χ3n) is 1.73. The Morgan fingerprint density at radius 3 is 2.46 bits per heavy atom. The standard InChI is InChI=1S/C10H8N2S/c13-10-8(4-3-7-12-10)9-5-1-2-6-11-9/h1-7H,(H,12,13). The summed E-state index contributed by atoms with van der Waals surface area (Å²) in [5.41, 5.74) is 1.87. The Kier molecular flexibility index (Phi) is 2.27. The molecule has 0 spiro atoms. The monoisotopic (exact) mass is 188 g/mol. The van der Waals surface area contributed by atoms with E-state index in [0.29, 0.717) is 5.03 Å². The number of nitrogens with zero attached hydrogens (tertiary/aromatic N) is 2. The minimum absolute atomic E-state index is 0.709. The van der Waals surface area contributed by atoms with Crippen molar-refractivity contribution in [3.05, 3.63) is 42.7 Å². The van der Waals surface area contributed by atoms with Gasteiger partial charge in [-0.2, -0.15) is 0 Å². The molecule has 0 bridgehead atoms. The van der Waals surface area contributed by atoms with Crippen LogP contribution in [0.1, 0.15) is 0 Å². The average Bonchev–Trinajstić information content (AvgIpc) is 2.20. The fourth-order valence-corrected chi connectivity index (χ4v) is 1.37. The largest absolute Gasteiger partial charge is 0.256 e. The van der Waals surface area contributed by atoms with E-state index >= 15 is 0 Å². The first-order valence-electron chi connectivity index (χ1n) is 3.93. The molecule has 0 aliphatic heterocycles. The van der Waals surface area contributed by atoms with E-state index in [9.17, 15) is 0 Å². The second-order valence-corrected chi connectivity index (χ2v) is 3.01. The lowest BCUT2D eigenvalue weighted by atomic mass is 10.2. The van der Waals surface area contributed by atoms with Gasteiger partial charge in [-0.05, 0) is 24.3 Å². The second kappa shape index (κ2) is 3.58. The number of hydrogen-bond donors (Lipinski definition) is 1. The van der Waals surface area contributed by atoms with Crippen molar-refractivity contribution in [3.63, 3.8) is 0 Å². The molecule has 0 saturated carbocycles. The third kappa shape index (κ3) is 1.70. The van der Waals surface area contributed by atoms with Gasteiger partial charge in [0.15, 0.2) is 0 Å². The molecule has 0 N–H and O–H groups in total. The molecule has 0 fully saturated rings. The van der Waals surface area contributed by atoms with Crippen LogP contribution in [0.25, 0.3) is 11.3 Å². The maximum Gasteiger partial charge on any atom is 0.102 e. The lowest BCUT2D eigenvalue weighted by Gasteiger charge is -2.01. The summed E-state index contributed by atoms with van der Waals surface area (Å²) in [4.78, 5) is 8.30. The topological polar surface area (TPSA) is 25.8 Å². The smallest absolute Gasteiger partial charge is 0.102 e. The zero-order valence-corrected chi connectivity index (χ0v) is 7.78. The molecule has 3 heteroatoms. The summed E-state index contributed by atoms with van der Waals surface area (Å²) >= 11 is 4.26. The maximum atomic E-state index is 4.26. The molecule has 2 aromatic heterocycles. The van der Waals surface area contributed by atoms with E-state index in [4.69, 9.17) is 0 Å². The van der Waals surface area contributed by atoms with Gasteiger partial charge in [0.1, 0.15) is 5.03 Å². The van der Waals surface area contributed by atoms with Crippen LogP contribution >= 0.6 is 12.6 Å². The van der Waals surface area contributed by atoms with Crippen LogP contribution in [0, 0.1) is 0 Å². The normalized spacial score (nSPS) is 9.92. The Bertz CT molecular complexity index is 401. The van der Waals surface area contributed by atoms with E-state index in [1.807, 2.05) is 30.3 Å². The van der Waals surface area contributed by atoms with Crippen LogP contribution < -0.4 is 0 Å². The highest BCUT2D eigenvalue weighted by atomic mass is 32.1. The molecule has 64 valence electrons. The van der Waals surface area contributed by atoms with E-state index in [-0.39, 0.29) is 0 Å². The third-order valence-corrected chi connectivity index (χ3v) is 2.08. The van der Waals surface area contributed by atoms with Crippen molar-refractivity contribution >= 4 is 12.6 Å². The molecule has 0 unspecified atom stereocenters. The molecule has 13 heavy (non-hydrogen) atoms. The maximum absolute atomic E-state index is 4.26. The summed E-state index contributed by atoms with van der Waals surface area (Å²) in [6, 6.07) is 9.61. The highest BCUT2D eigenvalue weighted by molar-refractivity contribution is 7.80. The Morgan fingerprint density at radius 1 is 0.923 bits per heavy atom. The van der Waals surface area contributed by atoms with Gasteiger partial charge in [0.2, 0.25) is 0 Å². The van der Waals surface area contributed by atoms with Crippen molar-refractivity contribution in [1.82, 2.24) is 9.97 Å². The Labute approximate surface area is 82.1 Å². The van der Waals surface area contributed by atoms with Crippen molar-refractivity contribution in [2.24, 2.45) is 0 Å². The summed E-state index contributed by atoms with van der Waals surface area (Å²) in [6.07, 6.45) is 3.48. The zero-order chi connectivity index (χ0) is 9.10. The highest BCUT2D eigenvalue weighted by Gasteiger charge is 2.01. The van der Waals surface area contributed by atoms with Gasteiger partial charge in [-0.15, -0.1) is 12.6 Å². The van der Waals surface area contributed by atoms with Gasteiger partial charge in [-0.3, -0.25) is 4.98 Å². The van der Waals surface area contributed by atoms with Gasteiger partial charge in [0, 0.05) is 18.0 Å². The van der Waals surface area contributed by atoms with Crippen molar-refractivity contribution < 1.29 is 0 Å². The first kappa shape index (κ1) is 8.26. The molecular formula is C10H8N2S. The molecule has 2 nitrogen and oxygen atoms in total. The minimum atomic E-state index is 0.709. The van der Waals surface area contributed by atoms with E-state index in [0.717, 1.165) is 11.3 Å². The second-order valence-electron chi connectivity index (χ2n) is 2.59. The lowest BCUT2D eigenvalue weighted by Crippen LogP contribution is -1.85. The molecule has 2 rings (SSSR count). The van der Waals surface area contributed by atoms with Gasteiger partial charge < -0.3 is 0 Å². The number of rotatable bonds is 1. The number of hydrogen-bond acceptors (Lipinski definition) is 3. The number of thiol groups is 1. The van der Waals surface area contributed by atoms with Crippen molar-refractivity contribution in [2.45, 2.75) is 5.03 Å². The first-order chi connectivity index (χ1) is 6.38. The summed E-state index contributed by atoms with van der Waals surface area (Å²) < 4.78 is 0. The van der Waals surface area contributed by atoms with Crippen LogP contribution in [0.2, 0.25) is 0 Å². The van der Waals surface area contributed by atoms with Crippen molar-refractivity contribution in [2.75, 3.05) is 0 Å². The van der Waals surface area contributed by atoms with Crippen molar-refractivity contribution in [3.8, 4) is 11.3 Å². The quantitative estimate of drug-likeness (QED) is 0.695. The highest BCUT2D eigenvalue weighted by Crippen LogP contribution is 2.21. The average molecular weight is 188 g/mol. The van der Waals surface area contributed by atoms with E-state index in [1.165, 1.54) is 0 Å². The van der Waals surface area contributed by atoms with Crippen LogP contribution in [-0.2, 0) is 0 Å². The first-order valence-corrected chi connectivity index (χ1v) is 4.38. The van der Waals surface area contributed by atoms with Crippen LogP contribution in [0.15, 0.2) is 47.8 Å². The van der Waals surface area contributed by atoms with Gasteiger partial charge in [0.05, 0.1) is 5.69 Å². The summed E-state index contributed by atoms with van der Waals surface area (Å²) in [5.74, 6) is 0. The Hall–Kier alpha value is -1.35. The van der Waals surface area contributed by atoms with Crippen molar-refractivity contribution in [1.29, 1.82) is 0 Å². The zero-order valence-electron chi connectivity index (χ0n) is 6.88. The number of aromatic nitrogens is 2. The van der Waals surface area contributed by atoms with Gasteiger partial charge in [-0.1, -0.05) is 6.07 Å². The summed E-state index contributed by atoms with van der Waals surface area (Å²) in [6.45, 7) is 0. The SMILES string of the molecule is Sc1ncccc1-c1ccccn1. The molecule has 0 radical (unpaired) electrons. The molecule has 0 saturated heterocycles. The molecule has 2 aromatic rings. The lowest BCUT2D eigenvalue weighted by molar-refractivity contribution is 1.13. The molecule has 2 heterocycles. The molecular weight excluding hydrogens is 180 g/mol. The van der Waals surface area contributed by atoms with E-state index in [1.54, 1.807) is 12.4 Å². The minimum Gasteiger partial charge on any atom is -0.256 e. The summed E-state index contributed by atoms with van der Waals surface area (Å²) in [5, 5.41) is 0.709. The summed E-state index contributed by atoms with van der Waals surface area (Å²) in [7, 11) is 0. The molecule has 0 aliphatic rings. The fraction of sp³-hybridized carbons (Fsp3) is 0. The van der Waals surface area contributed by atoms with E-state index in [2.05, 4.69) is 22.6 Å². The number of pyridine rings is 2. The predicted octanol–water partition coefficient (Wildman–Crippen LogP) is 2.43. The van der Waals surface area contributed by atoms with Gasteiger partial charge >= 0.3 is 0 Å². The molecule has 0 aliphatic carbocycles. The van der Waals surface area contributed by atoms with Crippen LogP contribution in [0.4, 0.5) is 0 Å². The van der Waals surface area contributed by atoms with E-state index < -0.39 is 0 Å². The molecule has 0 aromatic carbocycles. The van der Waals surface area contributed by atoms with Gasteiger partial charge in [-0.25, -0.2) is 4.98 Å². The Morgan fingerprint density at radius 2 is 1.77 bits per heavy atom. The van der Waals surface area contributed by atoms with Crippen LogP contribution in [0.3, 0.4) is 0 Å². The van der Waals surface area contributed by atoms with Gasteiger partial charge in [0.25, 0.3) is 0 Å².